The summed E-state index contributed by atoms with van der Waals surface area (Å²) in [6.45, 7) is 8.34. The zero-order valence-corrected chi connectivity index (χ0v) is 17.1. The summed E-state index contributed by atoms with van der Waals surface area (Å²) >= 11 is 1.29. The van der Waals surface area contributed by atoms with Crippen LogP contribution in [0.3, 0.4) is 0 Å². The Labute approximate surface area is 159 Å². The number of rotatable bonds is 4. The Morgan fingerprint density at radius 2 is 1.96 bits per heavy atom. The van der Waals surface area contributed by atoms with Crippen molar-refractivity contribution in [3.8, 4) is 0 Å². The van der Waals surface area contributed by atoms with Crippen LogP contribution in [0.5, 0.6) is 0 Å². The van der Waals surface area contributed by atoms with E-state index in [2.05, 4.69) is 4.72 Å². The van der Waals surface area contributed by atoms with Crippen LogP contribution in [0, 0.1) is 5.41 Å². The third kappa shape index (κ3) is 3.64. The van der Waals surface area contributed by atoms with E-state index in [1.165, 1.54) is 11.3 Å². The van der Waals surface area contributed by atoms with Crippen molar-refractivity contribution in [3.63, 3.8) is 0 Å². The first kappa shape index (κ1) is 18.9. The van der Waals surface area contributed by atoms with Gasteiger partial charge in [0, 0.05) is 28.2 Å². The monoisotopic (exact) mass is 392 g/mol. The van der Waals surface area contributed by atoms with Gasteiger partial charge in [0.15, 0.2) is 0 Å². The van der Waals surface area contributed by atoms with Crippen molar-refractivity contribution in [1.29, 1.82) is 0 Å². The van der Waals surface area contributed by atoms with E-state index in [1.54, 1.807) is 17.0 Å². The molecule has 1 amide bonds. The van der Waals surface area contributed by atoms with Gasteiger partial charge in [0.25, 0.3) is 10.0 Å². The van der Waals surface area contributed by atoms with Crippen LogP contribution in [0.25, 0.3) is 0 Å². The van der Waals surface area contributed by atoms with Crippen LogP contribution < -0.4 is 9.62 Å². The lowest BCUT2D eigenvalue weighted by Crippen LogP contribution is -2.38. The largest absolute Gasteiger partial charge is 0.311 e. The Kier molecular flexibility index (Phi) is 4.88. The smallest absolute Gasteiger partial charge is 0.271 e. The van der Waals surface area contributed by atoms with Crippen LogP contribution in [0.2, 0.25) is 0 Å². The fourth-order valence-electron chi connectivity index (χ4n) is 2.98. The van der Waals surface area contributed by atoms with Crippen LogP contribution >= 0.6 is 11.3 Å². The number of carbonyl (C=O) groups is 1. The molecule has 0 spiro atoms. The summed E-state index contributed by atoms with van der Waals surface area (Å²) in [5, 5.41) is 0. The van der Waals surface area contributed by atoms with Crippen molar-refractivity contribution >= 4 is 38.6 Å². The van der Waals surface area contributed by atoms with E-state index in [-0.39, 0.29) is 5.91 Å². The molecule has 1 N–H and O–H groups in total. The zero-order chi connectivity index (χ0) is 19.1. The van der Waals surface area contributed by atoms with Crippen molar-refractivity contribution in [3.05, 3.63) is 40.8 Å². The Morgan fingerprint density at radius 3 is 2.58 bits per heavy atom. The number of sulfonamides is 1. The summed E-state index contributed by atoms with van der Waals surface area (Å²) in [4.78, 5) is 15.4. The molecule has 2 heterocycles. The summed E-state index contributed by atoms with van der Waals surface area (Å²) in [7, 11) is -3.59. The average molecular weight is 393 g/mol. The number of fused-ring (bicyclic) bond motifs is 1. The molecule has 1 aliphatic rings. The summed E-state index contributed by atoms with van der Waals surface area (Å²) in [6.07, 6.45) is 1.54. The van der Waals surface area contributed by atoms with Crippen molar-refractivity contribution in [1.82, 2.24) is 0 Å². The van der Waals surface area contributed by atoms with E-state index in [4.69, 9.17) is 0 Å². The van der Waals surface area contributed by atoms with E-state index in [0.29, 0.717) is 16.4 Å². The standard InChI is InChI=1S/C19H24N2O3S2/c1-5-15-7-9-17(25-15)26(23,24)20-14-6-8-16-13(12-14)10-11-21(16)18(22)19(2,3)4/h6-9,12,20H,5,10-11H2,1-4H3. The van der Waals surface area contributed by atoms with Crippen molar-refractivity contribution in [2.45, 2.75) is 44.7 Å². The SMILES string of the molecule is CCc1ccc(S(=O)(=O)Nc2ccc3c(c2)CCN3C(=O)C(C)(C)C)s1. The molecule has 1 aromatic carbocycles. The molecule has 0 aliphatic carbocycles. The third-order valence-corrected chi connectivity index (χ3v) is 7.47. The second-order valence-corrected chi connectivity index (χ2v) is 10.6. The molecule has 0 unspecified atom stereocenters. The maximum atomic E-state index is 12.6. The Morgan fingerprint density at radius 1 is 1.23 bits per heavy atom. The minimum absolute atomic E-state index is 0.0789. The van der Waals surface area contributed by atoms with Gasteiger partial charge in [-0.15, -0.1) is 11.3 Å². The minimum atomic E-state index is -3.59. The highest BCUT2D eigenvalue weighted by Gasteiger charge is 2.32. The topological polar surface area (TPSA) is 66.5 Å². The quantitative estimate of drug-likeness (QED) is 0.854. The molecule has 0 radical (unpaired) electrons. The number of hydrogen-bond donors (Lipinski definition) is 1. The van der Waals surface area contributed by atoms with Gasteiger partial charge in [0.05, 0.1) is 0 Å². The molecular weight excluding hydrogens is 368 g/mol. The maximum Gasteiger partial charge on any atom is 0.271 e. The van der Waals surface area contributed by atoms with Gasteiger partial charge in [0.1, 0.15) is 4.21 Å². The molecule has 5 nitrogen and oxygen atoms in total. The molecule has 7 heteroatoms. The van der Waals surface area contributed by atoms with Gasteiger partial charge >= 0.3 is 0 Å². The van der Waals surface area contributed by atoms with Gasteiger partial charge in [-0.2, -0.15) is 0 Å². The van der Waals surface area contributed by atoms with E-state index in [1.807, 2.05) is 45.9 Å². The lowest BCUT2D eigenvalue weighted by molar-refractivity contribution is -0.125. The number of aryl methyl sites for hydroxylation is 1. The number of amides is 1. The molecule has 140 valence electrons. The molecule has 0 bridgehead atoms. The van der Waals surface area contributed by atoms with Gasteiger partial charge in [-0.3, -0.25) is 9.52 Å². The highest BCUT2D eigenvalue weighted by Crippen LogP contribution is 2.34. The van der Waals surface area contributed by atoms with Crippen molar-refractivity contribution in [2.75, 3.05) is 16.2 Å². The molecule has 3 rings (SSSR count). The lowest BCUT2D eigenvalue weighted by atomic mass is 9.94. The number of carbonyl (C=O) groups excluding carboxylic acids is 1. The maximum absolute atomic E-state index is 12.6. The lowest BCUT2D eigenvalue weighted by Gasteiger charge is -2.26. The second-order valence-electron chi connectivity index (χ2n) is 7.48. The first-order valence-corrected chi connectivity index (χ1v) is 11.0. The molecule has 0 fully saturated rings. The third-order valence-electron chi connectivity index (χ3n) is 4.36. The van der Waals surface area contributed by atoms with Gasteiger partial charge in [0.2, 0.25) is 5.91 Å². The molecule has 26 heavy (non-hydrogen) atoms. The molecule has 1 aliphatic heterocycles. The summed E-state index contributed by atoms with van der Waals surface area (Å²) in [5.41, 5.74) is 1.94. The summed E-state index contributed by atoms with van der Waals surface area (Å²) < 4.78 is 28.1. The average Bonchev–Trinajstić information content (AvgIpc) is 3.19. The Bertz CT molecular complexity index is 940. The van der Waals surface area contributed by atoms with Crippen LogP contribution in [-0.4, -0.2) is 20.9 Å². The van der Waals surface area contributed by atoms with Crippen LogP contribution in [-0.2, 0) is 27.7 Å². The number of nitrogens with zero attached hydrogens (tertiary/aromatic N) is 1. The van der Waals surface area contributed by atoms with Crippen molar-refractivity contribution in [2.24, 2.45) is 5.41 Å². The Balaban J connectivity index is 1.83. The molecule has 0 atom stereocenters. The number of anilines is 2. The second kappa shape index (κ2) is 6.70. The first-order valence-electron chi connectivity index (χ1n) is 8.68. The van der Waals surface area contributed by atoms with Gasteiger partial charge in [-0.25, -0.2) is 8.42 Å². The normalized spacial score (nSPS) is 14.4. The molecule has 1 aromatic heterocycles. The highest BCUT2D eigenvalue weighted by atomic mass is 32.2. The van der Waals surface area contributed by atoms with E-state index >= 15 is 0 Å². The highest BCUT2D eigenvalue weighted by molar-refractivity contribution is 7.94. The molecular formula is C19H24N2O3S2. The number of hydrogen-bond acceptors (Lipinski definition) is 4. The minimum Gasteiger partial charge on any atom is -0.311 e. The number of nitrogens with one attached hydrogen (secondary N) is 1. The van der Waals surface area contributed by atoms with Gasteiger partial charge in [-0.1, -0.05) is 27.7 Å². The van der Waals surface area contributed by atoms with Gasteiger partial charge in [-0.05, 0) is 48.7 Å². The van der Waals surface area contributed by atoms with E-state index in [0.717, 1.165) is 29.0 Å². The van der Waals surface area contributed by atoms with Gasteiger partial charge < -0.3 is 4.90 Å². The first-order chi connectivity index (χ1) is 12.1. The predicted molar refractivity (Wildman–Crippen MR) is 106 cm³/mol. The van der Waals surface area contributed by atoms with Crippen LogP contribution in [0.4, 0.5) is 11.4 Å². The van der Waals surface area contributed by atoms with Crippen molar-refractivity contribution < 1.29 is 13.2 Å². The molecule has 0 saturated carbocycles. The number of benzene rings is 1. The Hall–Kier alpha value is -1.86. The van der Waals surface area contributed by atoms with E-state index in [9.17, 15) is 13.2 Å². The summed E-state index contributed by atoms with van der Waals surface area (Å²) in [6, 6.07) is 8.87. The zero-order valence-electron chi connectivity index (χ0n) is 15.5. The van der Waals surface area contributed by atoms with Crippen LogP contribution in [0.15, 0.2) is 34.5 Å². The predicted octanol–water partition coefficient (Wildman–Crippen LogP) is 4.05. The fourth-order valence-corrected chi connectivity index (χ4v) is 5.32. The molecule has 2 aromatic rings. The fraction of sp³-hybridized carbons (Fsp3) is 0.421. The van der Waals surface area contributed by atoms with E-state index < -0.39 is 15.4 Å². The summed E-state index contributed by atoms with van der Waals surface area (Å²) in [5.74, 6) is 0.0789. The van der Waals surface area contributed by atoms with Crippen LogP contribution in [0.1, 0.15) is 38.1 Å². The number of thiophene rings is 1. The molecule has 0 saturated heterocycles.